The van der Waals surface area contributed by atoms with Gasteiger partial charge in [0, 0.05) is 34.4 Å². The number of carbonyl (C=O) groups is 1. The molecule has 1 saturated heterocycles. The number of nitrogens with zero attached hydrogens (tertiary/aromatic N) is 1. The highest BCUT2D eigenvalue weighted by atomic mass is 32.2. The number of amides is 1. The lowest BCUT2D eigenvalue weighted by atomic mass is 10.0. The van der Waals surface area contributed by atoms with Crippen LogP contribution in [0.3, 0.4) is 0 Å². The zero-order chi connectivity index (χ0) is 15.7. The smallest absolute Gasteiger partial charge is 0.414 e. The molecule has 2 N–H and O–H groups in total. The van der Waals surface area contributed by atoms with E-state index in [0.717, 1.165) is 5.57 Å². The van der Waals surface area contributed by atoms with Crippen LogP contribution in [-0.2, 0) is 15.5 Å². The van der Waals surface area contributed by atoms with Gasteiger partial charge in [-0.05, 0) is 30.2 Å². The molecule has 2 heterocycles. The summed E-state index contributed by atoms with van der Waals surface area (Å²) in [5.74, 6) is 0.636. The summed E-state index contributed by atoms with van der Waals surface area (Å²) in [4.78, 5) is 13.1. The molecule has 5 nitrogen and oxygen atoms in total. The molecule has 1 aromatic rings. The van der Waals surface area contributed by atoms with Crippen LogP contribution in [0.25, 0.3) is 5.57 Å². The molecule has 7 heteroatoms. The minimum Gasteiger partial charge on any atom is -0.443 e. The molecular weight excluding hydrogens is 307 g/mol. The first kappa shape index (κ1) is 15.2. The second kappa shape index (κ2) is 6.18. The van der Waals surface area contributed by atoms with E-state index < -0.39 is 16.9 Å². The van der Waals surface area contributed by atoms with Crippen LogP contribution >= 0.6 is 0 Å². The van der Waals surface area contributed by atoms with Crippen LogP contribution in [0.15, 0.2) is 24.3 Å². The van der Waals surface area contributed by atoms with Crippen LogP contribution in [0.2, 0.25) is 0 Å². The Kier molecular flexibility index (Phi) is 4.26. The van der Waals surface area contributed by atoms with E-state index in [9.17, 15) is 13.4 Å². The van der Waals surface area contributed by atoms with Gasteiger partial charge in [0.05, 0.1) is 12.2 Å². The van der Waals surface area contributed by atoms with Crippen molar-refractivity contribution >= 4 is 28.2 Å². The largest absolute Gasteiger partial charge is 0.443 e. The van der Waals surface area contributed by atoms with Crippen LogP contribution in [0.4, 0.5) is 14.9 Å². The summed E-state index contributed by atoms with van der Waals surface area (Å²) in [5, 5.41) is 0. The van der Waals surface area contributed by atoms with Crippen LogP contribution < -0.4 is 10.6 Å². The van der Waals surface area contributed by atoms with E-state index in [0.29, 0.717) is 35.7 Å². The van der Waals surface area contributed by atoms with E-state index in [1.54, 1.807) is 12.1 Å². The molecule has 0 aliphatic carbocycles. The molecule has 1 amide bonds. The summed E-state index contributed by atoms with van der Waals surface area (Å²) in [6, 6.07) is 4.70. The van der Waals surface area contributed by atoms with E-state index in [4.69, 9.17) is 10.5 Å². The number of hydrogen-bond acceptors (Lipinski definition) is 4. The van der Waals surface area contributed by atoms with Gasteiger partial charge in [-0.25, -0.2) is 9.18 Å². The van der Waals surface area contributed by atoms with Crippen LogP contribution in [0.5, 0.6) is 0 Å². The van der Waals surface area contributed by atoms with Crippen LogP contribution in [0.1, 0.15) is 12.0 Å². The molecule has 22 heavy (non-hydrogen) atoms. The fourth-order valence-corrected chi connectivity index (χ4v) is 3.64. The maximum atomic E-state index is 14.4. The topological polar surface area (TPSA) is 72.6 Å². The van der Waals surface area contributed by atoms with Gasteiger partial charge in [0.25, 0.3) is 0 Å². The molecule has 2 aliphatic rings. The van der Waals surface area contributed by atoms with Gasteiger partial charge in [-0.2, -0.15) is 0 Å². The van der Waals surface area contributed by atoms with E-state index in [1.165, 1.54) is 11.0 Å². The van der Waals surface area contributed by atoms with E-state index in [1.807, 2.05) is 6.08 Å². The Bertz CT molecular complexity index is 662. The van der Waals surface area contributed by atoms with E-state index >= 15 is 0 Å². The van der Waals surface area contributed by atoms with E-state index in [2.05, 4.69) is 0 Å². The fraction of sp³-hybridized carbons (Fsp3) is 0.400. The van der Waals surface area contributed by atoms with Crippen molar-refractivity contribution in [2.24, 2.45) is 5.73 Å². The molecule has 1 aromatic carbocycles. The summed E-state index contributed by atoms with van der Waals surface area (Å²) in [6.07, 6.45) is 1.57. The zero-order valence-electron chi connectivity index (χ0n) is 12.0. The third kappa shape index (κ3) is 2.91. The Morgan fingerprint density at radius 1 is 1.45 bits per heavy atom. The second-order valence-corrected chi connectivity index (χ2v) is 6.93. The number of hydrogen-bond donors (Lipinski definition) is 1. The summed E-state index contributed by atoms with van der Waals surface area (Å²) < 4.78 is 30.8. The average molecular weight is 324 g/mol. The predicted octanol–water partition coefficient (Wildman–Crippen LogP) is 1.65. The van der Waals surface area contributed by atoms with Gasteiger partial charge in [-0.15, -0.1) is 0 Å². The van der Waals surface area contributed by atoms with Crippen molar-refractivity contribution in [1.82, 2.24) is 0 Å². The first-order valence-corrected chi connectivity index (χ1v) is 8.59. The van der Waals surface area contributed by atoms with Crippen molar-refractivity contribution in [3.05, 3.63) is 35.7 Å². The summed E-state index contributed by atoms with van der Waals surface area (Å²) in [7, 11) is -0.838. The first-order chi connectivity index (χ1) is 10.6. The van der Waals surface area contributed by atoms with Gasteiger partial charge in [0.1, 0.15) is 11.9 Å². The monoisotopic (exact) mass is 324 g/mol. The Morgan fingerprint density at radius 3 is 2.86 bits per heavy atom. The highest BCUT2D eigenvalue weighted by molar-refractivity contribution is 7.85. The van der Waals surface area contributed by atoms with Crippen molar-refractivity contribution in [2.45, 2.75) is 12.5 Å². The Labute approximate surface area is 130 Å². The number of benzene rings is 1. The van der Waals surface area contributed by atoms with Crippen molar-refractivity contribution in [1.29, 1.82) is 0 Å². The molecule has 118 valence electrons. The van der Waals surface area contributed by atoms with Gasteiger partial charge in [-0.3, -0.25) is 9.11 Å². The molecule has 3 rings (SSSR count). The van der Waals surface area contributed by atoms with Crippen molar-refractivity contribution in [3.8, 4) is 0 Å². The molecule has 0 saturated carbocycles. The molecule has 0 aromatic heterocycles. The summed E-state index contributed by atoms with van der Waals surface area (Å²) >= 11 is 0. The average Bonchev–Trinajstić information content (AvgIpc) is 2.89. The van der Waals surface area contributed by atoms with Gasteiger partial charge >= 0.3 is 6.09 Å². The number of nitrogens with two attached hydrogens (primary N) is 1. The highest BCUT2D eigenvalue weighted by Crippen LogP contribution is 2.29. The number of halogens is 1. The van der Waals surface area contributed by atoms with Crippen molar-refractivity contribution in [3.63, 3.8) is 0 Å². The number of carbonyl (C=O) groups excluding carboxylic acids is 1. The summed E-state index contributed by atoms with van der Waals surface area (Å²) in [5.41, 5.74) is 7.32. The number of cyclic esters (lactones) is 1. The molecule has 0 spiro atoms. The molecule has 2 unspecified atom stereocenters. The first-order valence-electron chi connectivity index (χ1n) is 7.10. The zero-order valence-corrected chi connectivity index (χ0v) is 12.8. The lowest BCUT2D eigenvalue weighted by Crippen LogP contribution is -2.27. The third-order valence-corrected chi connectivity index (χ3v) is 5.06. The molecule has 0 bridgehead atoms. The Balaban J connectivity index is 1.84. The second-order valence-electron chi connectivity index (χ2n) is 5.31. The molecule has 2 atom stereocenters. The normalized spacial score (nSPS) is 25.1. The fourth-order valence-electron chi connectivity index (χ4n) is 2.63. The third-order valence-electron chi connectivity index (χ3n) is 3.86. The van der Waals surface area contributed by atoms with Gasteiger partial charge in [-0.1, -0.05) is 6.08 Å². The minimum atomic E-state index is -0.838. The molecular formula is C15H17FN2O3S. The predicted molar refractivity (Wildman–Crippen MR) is 83.5 cm³/mol. The number of ether oxygens (including phenoxy) is 1. The number of anilines is 1. The number of rotatable bonds is 3. The number of allylic oxidation sites excluding steroid dienone is 1. The van der Waals surface area contributed by atoms with Crippen molar-refractivity contribution < 1.29 is 18.1 Å². The maximum Gasteiger partial charge on any atom is 0.414 e. The lowest BCUT2D eigenvalue weighted by molar-refractivity contribution is 0.145. The standard InChI is InChI=1S/C15H17FN2O3S/c16-14-7-11(18-9-12(8-17)21-15(18)19)1-2-13(14)10-3-5-22(20)6-4-10/h1-3,7,12H,4-6,8-9,17H2. The quantitative estimate of drug-likeness (QED) is 0.917. The molecule has 1 fully saturated rings. The summed E-state index contributed by atoms with van der Waals surface area (Å²) in [6.45, 7) is 0.572. The molecule has 2 aliphatic heterocycles. The van der Waals surface area contributed by atoms with Crippen LogP contribution in [-0.4, -0.2) is 41.0 Å². The van der Waals surface area contributed by atoms with Crippen LogP contribution in [0, 0.1) is 5.82 Å². The lowest BCUT2D eigenvalue weighted by Gasteiger charge is -2.17. The molecule has 0 radical (unpaired) electrons. The van der Waals surface area contributed by atoms with E-state index in [-0.39, 0.29) is 18.5 Å². The van der Waals surface area contributed by atoms with Gasteiger partial charge in [0.15, 0.2) is 0 Å². The van der Waals surface area contributed by atoms with Gasteiger partial charge < -0.3 is 10.5 Å². The minimum absolute atomic E-state index is 0.243. The highest BCUT2D eigenvalue weighted by Gasteiger charge is 2.31. The maximum absolute atomic E-state index is 14.4. The Hall–Kier alpha value is -1.73. The van der Waals surface area contributed by atoms with Gasteiger partial charge in [0.2, 0.25) is 0 Å². The SMILES string of the molecule is NCC1CN(c2ccc(C3=CCS(=O)CC3)c(F)c2)C(=O)O1. The van der Waals surface area contributed by atoms with Crippen molar-refractivity contribution in [2.75, 3.05) is 29.5 Å². The Morgan fingerprint density at radius 2 is 2.27 bits per heavy atom.